The smallest absolute Gasteiger partial charge is 0.324 e. The Morgan fingerprint density at radius 2 is 2.33 bits per heavy atom. The van der Waals surface area contributed by atoms with Crippen LogP contribution >= 0.6 is 22.9 Å². The van der Waals surface area contributed by atoms with E-state index < -0.39 is 4.92 Å². The molecule has 0 aliphatic carbocycles. The summed E-state index contributed by atoms with van der Waals surface area (Å²) in [6.45, 7) is 0. The van der Waals surface area contributed by atoms with Crippen molar-refractivity contribution in [1.82, 2.24) is 10.2 Å². The van der Waals surface area contributed by atoms with E-state index in [0.29, 0.717) is 10.8 Å². The second-order valence-corrected chi connectivity index (χ2v) is 3.86. The SMILES string of the molecule is O=[N+]([O-])c1ccc(-c2nnc(CCl)o2)s1. The van der Waals surface area contributed by atoms with Crippen LogP contribution in [-0.4, -0.2) is 15.1 Å². The minimum absolute atomic E-state index is 0.0376. The molecule has 0 saturated carbocycles. The summed E-state index contributed by atoms with van der Waals surface area (Å²) in [5.74, 6) is 0.673. The average Bonchev–Trinajstić information content (AvgIpc) is 2.86. The molecule has 6 nitrogen and oxygen atoms in total. The van der Waals surface area contributed by atoms with E-state index >= 15 is 0 Å². The number of alkyl halides is 1. The van der Waals surface area contributed by atoms with Crippen LogP contribution in [0.3, 0.4) is 0 Å². The minimum atomic E-state index is -0.465. The standard InChI is InChI=1S/C7H4ClN3O3S/c8-3-5-9-10-7(14-5)4-1-2-6(15-4)11(12)13/h1-2H,3H2. The van der Waals surface area contributed by atoms with Crippen LogP contribution in [0.4, 0.5) is 5.00 Å². The van der Waals surface area contributed by atoms with Gasteiger partial charge >= 0.3 is 5.00 Å². The summed E-state index contributed by atoms with van der Waals surface area (Å²) in [5, 5.41) is 17.8. The van der Waals surface area contributed by atoms with Gasteiger partial charge in [-0.15, -0.1) is 21.8 Å². The van der Waals surface area contributed by atoms with E-state index in [0.717, 1.165) is 11.3 Å². The average molecular weight is 246 g/mol. The Morgan fingerprint density at radius 3 is 2.87 bits per heavy atom. The zero-order chi connectivity index (χ0) is 10.8. The van der Waals surface area contributed by atoms with Crippen molar-refractivity contribution in [3.63, 3.8) is 0 Å². The molecule has 0 atom stereocenters. The van der Waals surface area contributed by atoms with E-state index in [-0.39, 0.29) is 16.8 Å². The van der Waals surface area contributed by atoms with Gasteiger partial charge in [0.05, 0.1) is 9.80 Å². The quantitative estimate of drug-likeness (QED) is 0.471. The Balaban J connectivity index is 2.32. The molecular formula is C7H4ClN3O3S. The van der Waals surface area contributed by atoms with E-state index in [2.05, 4.69) is 10.2 Å². The molecule has 0 unspecified atom stereocenters. The molecule has 0 N–H and O–H groups in total. The number of rotatable bonds is 3. The summed E-state index contributed by atoms with van der Waals surface area (Å²) in [6, 6.07) is 2.96. The predicted octanol–water partition coefficient (Wildman–Crippen LogP) is 2.45. The summed E-state index contributed by atoms with van der Waals surface area (Å²) in [5.41, 5.74) is 0. The van der Waals surface area contributed by atoms with E-state index in [1.165, 1.54) is 6.07 Å². The summed E-state index contributed by atoms with van der Waals surface area (Å²) < 4.78 is 5.15. The molecule has 2 aromatic rings. The molecule has 0 aromatic carbocycles. The summed E-state index contributed by atoms with van der Waals surface area (Å²) in [6.07, 6.45) is 0. The van der Waals surface area contributed by atoms with E-state index in [1.54, 1.807) is 6.07 Å². The third-order valence-corrected chi connectivity index (χ3v) is 2.82. The van der Waals surface area contributed by atoms with Gasteiger partial charge in [-0.3, -0.25) is 10.1 Å². The van der Waals surface area contributed by atoms with Crippen molar-refractivity contribution in [3.8, 4) is 10.8 Å². The molecule has 0 saturated heterocycles. The first kappa shape index (κ1) is 10.1. The molecule has 2 heterocycles. The molecule has 2 aromatic heterocycles. The maximum Gasteiger partial charge on any atom is 0.324 e. The maximum atomic E-state index is 10.4. The van der Waals surface area contributed by atoms with Crippen molar-refractivity contribution in [2.75, 3.05) is 0 Å². The van der Waals surface area contributed by atoms with Crippen LogP contribution in [0, 0.1) is 10.1 Å². The highest BCUT2D eigenvalue weighted by Crippen LogP contribution is 2.31. The van der Waals surface area contributed by atoms with Crippen molar-refractivity contribution >= 4 is 27.9 Å². The fourth-order valence-electron chi connectivity index (χ4n) is 0.948. The van der Waals surface area contributed by atoms with Crippen LogP contribution in [0.2, 0.25) is 0 Å². The molecule has 0 fully saturated rings. The number of thiophene rings is 1. The Labute approximate surface area is 92.7 Å². The lowest BCUT2D eigenvalue weighted by Gasteiger charge is -1.84. The lowest BCUT2D eigenvalue weighted by atomic mass is 10.5. The second-order valence-electron chi connectivity index (χ2n) is 2.53. The molecule has 0 amide bonds. The Morgan fingerprint density at radius 1 is 1.53 bits per heavy atom. The van der Waals surface area contributed by atoms with Gasteiger partial charge in [0.2, 0.25) is 5.89 Å². The summed E-state index contributed by atoms with van der Waals surface area (Å²) >= 11 is 6.46. The zero-order valence-electron chi connectivity index (χ0n) is 7.21. The number of aromatic nitrogens is 2. The van der Waals surface area contributed by atoms with Crippen LogP contribution in [0.1, 0.15) is 5.89 Å². The number of halogens is 1. The molecule has 15 heavy (non-hydrogen) atoms. The molecule has 78 valence electrons. The Bertz CT molecular complexity index is 495. The fraction of sp³-hybridized carbons (Fsp3) is 0.143. The van der Waals surface area contributed by atoms with E-state index in [4.69, 9.17) is 16.0 Å². The van der Waals surface area contributed by atoms with Gasteiger partial charge in [-0.25, -0.2) is 0 Å². The zero-order valence-corrected chi connectivity index (χ0v) is 8.79. The van der Waals surface area contributed by atoms with E-state index in [1.807, 2.05) is 0 Å². The van der Waals surface area contributed by atoms with Gasteiger partial charge in [0.1, 0.15) is 5.88 Å². The summed E-state index contributed by atoms with van der Waals surface area (Å²) in [4.78, 5) is 10.5. The van der Waals surface area contributed by atoms with Crippen molar-refractivity contribution in [1.29, 1.82) is 0 Å². The van der Waals surface area contributed by atoms with Gasteiger partial charge in [0, 0.05) is 6.07 Å². The number of hydrogen-bond donors (Lipinski definition) is 0. The molecular weight excluding hydrogens is 242 g/mol. The molecule has 0 bridgehead atoms. The third-order valence-electron chi connectivity index (χ3n) is 1.56. The Hall–Kier alpha value is -1.47. The summed E-state index contributed by atoms with van der Waals surface area (Å²) in [7, 11) is 0. The predicted molar refractivity (Wildman–Crippen MR) is 53.8 cm³/mol. The maximum absolute atomic E-state index is 10.4. The monoisotopic (exact) mass is 245 g/mol. The highest BCUT2D eigenvalue weighted by molar-refractivity contribution is 7.18. The van der Waals surface area contributed by atoms with Crippen molar-refractivity contribution in [3.05, 3.63) is 28.1 Å². The first-order valence-electron chi connectivity index (χ1n) is 3.83. The van der Waals surface area contributed by atoms with Crippen molar-refractivity contribution < 1.29 is 9.34 Å². The van der Waals surface area contributed by atoms with Gasteiger partial charge in [0.15, 0.2) is 0 Å². The Kier molecular flexibility index (Phi) is 2.65. The van der Waals surface area contributed by atoms with Gasteiger partial charge in [0.25, 0.3) is 5.89 Å². The molecule has 0 radical (unpaired) electrons. The van der Waals surface area contributed by atoms with Crippen LogP contribution < -0.4 is 0 Å². The van der Waals surface area contributed by atoms with Gasteiger partial charge in [-0.1, -0.05) is 11.3 Å². The van der Waals surface area contributed by atoms with Crippen LogP contribution in [-0.2, 0) is 5.88 Å². The number of hydrogen-bond acceptors (Lipinski definition) is 6. The largest absolute Gasteiger partial charge is 0.419 e. The first-order chi connectivity index (χ1) is 7.20. The lowest BCUT2D eigenvalue weighted by Crippen LogP contribution is -1.80. The molecule has 2 rings (SSSR count). The highest BCUT2D eigenvalue weighted by atomic mass is 35.5. The van der Waals surface area contributed by atoms with Crippen LogP contribution in [0.25, 0.3) is 10.8 Å². The van der Waals surface area contributed by atoms with Gasteiger partial charge in [-0.2, -0.15) is 0 Å². The van der Waals surface area contributed by atoms with Gasteiger partial charge in [-0.05, 0) is 6.07 Å². The second kappa shape index (κ2) is 3.95. The molecule has 0 spiro atoms. The number of nitrogens with zero attached hydrogens (tertiary/aromatic N) is 3. The van der Waals surface area contributed by atoms with Crippen molar-refractivity contribution in [2.45, 2.75) is 5.88 Å². The van der Waals surface area contributed by atoms with Gasteiger partial charge < -0.3 is 4.42 Å². The van der Waals surface area contributed by atoms with Crippen molar-refractivity contribution in [2.24, 2.45) is 0 Å². The normalized spacial score (nSPS) is 10.5. The third kappa shape index (κ3) is 1.97. The minimum Gasteiger partial charge on any atom is -0.419 e. The molecule has 8 heteroatoms. The molecule has 0 aliphatic rings. The van der Waals surface area contributed by atoms with E-state index in [9.17, 15) is 10.1 Å². The topological polar surface area (TPSA) is 82.1 Å². The first-order valence-corrected chi connectivity index (χ1v) is 5.18. The lowest BCUT2D eigenvalue weighted by molar-refractivity contribution is -0.380. The highest BCUT2D eigenvalue weighted by Gasteiger charge is 2.15. The fourth-order valence-corrected chi connectivity index (χ4v) is 1.80. The van der Waals surface area contributed by atoms with Crippen LogP contribution in [0.15, 0.2) is 16.5 Å². The molecule has 0 aliphatic heterocycles. The number of nitro groups is 1. The van der Waals surface area contributed by atoms with Crippen LogP contribution in [0.5, 0.6) is 0 Å².